The third kappa shape index (κ3) is 8.23. The molecule has 0 fully saturated rings. The number of ether oxygens (including phenoxy) is 1. The zero-order valence-electron chi connectivity index (χ0n) is 18.3. The predicted octanol–water partition coefficient (Wildman–Crippen LogP) is 1.66. The van der Waals surface area contributed by atoms with Gasteiger partial charge in [-0.25, -0.2) is 4.79 Å². The van der Waals surface area contributed by atoms with Gasteiger partial charge in [-0.2, -0.15) is 0 Å². The van der Waals surface area contributed by atoms with Gasteiger partial charge in [-0.15, -0.1) is 0 Å². The molecule has 0 bridgehead atoms. The summed E-state index contributed by atoms with van der Waals surface area (Å²) >= 11 is 0. The van der Waals surface area contributed by atoms with Crippen molar-refractivity contribution in [1.82, 2.24) is 16.0 Å². The lowest BCUT2D eigenvalue weighted by Gasteiger charge is -2.26. The van der Waals surface area contributed by atoms with Crippen LogP contribution in [0.2, 0.25) is 0 Å². The molecule has 1 aromatic rings. The molecular formula is C22H35N3O4. The summed E-state index contributed by atoms with van der Waals surface area (Å²) in [6, 6.07) is 7.43. The van der Waals surface area contributed by atoms with E-state index in [1.807, 2.05) is 58.0 Å². The van der Waals surface area contributed by atoms with Crippen molar-refractivity contribution in [3.8, 4) is 0 Å². The molecule has 0 aliphatic carbocycles. The van der Waals surface area contributed by atoms with Gasteiger partial charge in [0.2, 0.25) is 11.8 Å². The predicted molar refractivity (Wildman–Crippen MR) is 113 cm³/mol. The normalized spacial score (nSPS) is 14.2. The molecule has 0 radical (unpaired) electrons. The number of carbonyl (C=O) groups excluding carboxylic acids is 3. The fourth-order valence-electron chi connectivity index (χ4n) is 3.19. The lowest BCUT2D eigenvalue weighted by atomic mass is 9.99. The Bertz CT molecular complexity index is 661. The highest BCUT2D eigenvalue weighted by Crippen LogP contribution is 2.10. The van der Waals surface area contributed by atoms with Crippen molar-refractivity contribution in [2.45, 2.75) is 58.7 Å². The maximum atomic E-state index is 13.0. The molecule has 0 spiro atoms. The van der Waals surface area contributed by atoms with Crippen LogP contribution in [-0.4, -0.2) is 50.1 Å². The van der Waals surface area contributed by atoms with Crippen LogP contribution in [0.15, 0.2) is 30.3 Å². The maximum Gasteiger partial charge on any atom is 0.328 e. The van der Waals surface area contributed by atoms with Crippen LogP contribution in [-0.2, 0) is 25.5 Å². The highest BCUT2D eigenvalue weighted by atomic mass is 16.5. The van der Waals surface area contributed by atoms with Crippen LogP contribution in [0.4, 0.5) is 0 Å². The number of likely N-dealkylation sites (N-methyl/N-ethyl adjacent to an activating group) is 1. The minimum atomic E-state index is -0.827. The monoisotopic (exact) mass is 405 g/mol. The molecule has 0 heterocycles. The molecule has 0 aliphatic rings. The summed E-state index contributed by atoms with van der Waals surface area (Å²) in [5.74, 6) is -0.891. The molecule has 3 atom stereocenters. The topological polar surface area (TPSA) is 96.5 Å². The Kier molecular flexibility index (Phi) is 10.4. The highest BCUT2D eigenvalue weighted by molar-refractivity contribution is 5.92. The van der Waals surface area contributed by atoms with E-state index in [0.29, 0.717) is 12.8 Å². The zero-order chi connectivity index (χ0) is 22.0. The number of benzene rings is 1. The first-order valence-electron chi connectivity index (χ1n) is 10.1. The number of rotatable bonds is 11. The molecule has 0 aromatic heterocycles. The molecular weight excluding hydrogens is 370 g/mol. The summed E-state index contributed by atoms with van der Waals surface area (Å²) in [6.07, 6.45) is 0.776. The Morgan fingerprint density at radius 2 is 1.52 bits per heavy atom. The van der Waals surface area contributed by atoms with E-state index in [-0.39, 0.29) is 17.7 Å². The Morgan fingerprint density at radius 1 is 0.931 bits per heavy atom. The van der Waals surface area contributed by atoms with Crippen molar-refractivity contribution in [3.05, 3.63) is 35.9 Å². The van der Waals surface area contributed by atoms with E-state index in [1.54, 1.807) is 7.05 Å². The summed E-state index contributed by atoms with van der Waals surface area (Å²) in [6.45, 7) is 7.83. The number of nitrogens with one attached hydrogen (secondary N) is 3. The summed E-state index contributed by atoms with van der Waals surface area (Å²) in [4.78, 5) is 37.8. The van der Waals surface area contributed by atoms with Gasteiger partial charge in [0.15, 0.2) is 0 Å². The fourth-order valence-corrected chi connectivity index (χ4v) is 3.19. The van der Waals surface area contributed by atoms with Gasteiger partial charge in [-0.3, -0.25) is 9.59 Å². The van der Waals surface area contributed by atoms with Gasteiger partial charge in [0.1, 0.15) is 12.1 Å². The summed E-state index contributed by atoms with van der Waals surface area (Å²) in [5.41, 5.74) is 0.905. The molecule has 7 nitrogen and oxygen atoms in total. The molecule has 1 rings (SSSR count). The lowest BCUT2D eigenvalue weighted by molar-refractivity contribution is -0.145. The Balaban J connectivity index is 2.94. The van der Waals surface area contributed by atoms with Crippen LogP contribution in [0.25, 0.3) is 0 Å². The smallest absolute Gasteiger partial charge is 0.328 e. The number of carbonyl (C=O) groups is 3. The molecule has 0 unspecified atom stereocenters. The molecule has 0 saturated carbocycles. The van der Waals surface area contributed by atoms with E-state index in [1.165, 1.54) is 7.11 Å². The van der Waals surface area contributed by atoms with Gasteiger partial charge in [0.05, 0.1) is 13.2 Å². The van der Waals surface area contributed by atoms with Crippen molar-refractivity contribution in [3.63, 3.8) is 0 Å². The Hall–Kier alpha value is -2.41. The van der Waals surface area contributed by atoms with E-state index in [4.69, 9.17) is 4.74 Å². The Morgan fingerprint density at radius 3 is 2.00 bits per heavy atom. The second-order valence-corrected chi connectivity index (χ2v) is 7.98. The quantitative estimate of drug-likeness (QED) is 0.487. The lowest BCUT2D eigenvalue weighted by Crippen LogP contribution is -2.56. The average molecular weight is 406 g/mol. The molecule has 3 N–H and O–H groups in total. The molecule has 2 amide bonds. The van der Waals surface area contributed by atoms with E-state index >= 15 is 0 Å². The number of methoxy groups -OCH3 is 1. The standard InChI is InChI=1S/C22H35N3O4/c1-14(2)12-17(24-21(27)19(23-5)15(3)4)20(26)25-18(22(28)29-6)13-16-10-8-7-9-11-16/h7-11,14-15,17-19,23H,12-13H2,1-6H3,(H,24,27)(H,25,26)/t17-,18-,19-/m1/s1. The van der Waals surface area contributed by atoms with Crippen molar-refractivity contribution in [2.75, 3.05) is 14.2 Å². The first-order valence-corrected chi connectivity index (χ1v) is 10.1. The molecule has 162 valence electrons. The van der Waals surface area contributed by atoms with Gasteiger partial charge in [0, 0.05) is 6.42 Å². The van der Waals surface area contributed by atoms with E-state index < -0.39 is 30.0 Å². The third-order valence-corrected chi connectivity index (χ3v) is 4.69. The van der Waals surface area contributed by atoms with Crippen molar-refractivity contribution in [1.29, 1.82) is 0 Å². The van der Waals surface area contributed by atoms with Crippen molar-refractivity contribution < 1.29 is 19.1 Å². The van der Waals surface area contributed by atoms with Gasteiger partial charge in [0.25, 0.3) is 0 Å². The number of esters is 1. The van der Waals surface area contributed by atoms with Crippen LogP contribution in [0, 0.1) is 11.8 Å². The third-order valence-electron chi connectivity index (χ3n) is 4.69. The second-order valence-electron chi connectivity index (χ2n) is 7.98. The van der Waals surface area contributed by atoms with Crippen LogP contribution >= 0.6 is 0 Å². The molecule has 7 heteroatoms. The summed E-state index contributed by atoms with van der Waals surface area (Å²) < 4.78 is 4.86. The first kappa shape index (κ1) is 24.6. The van der Waals surface area contributed by atoms with Crippen molar-refractivity contribution in [2.24, 2.45) is 11.8 Å². The second kappa shape index (κ2) is 12.2. The number of hydrogen-bond acceptors (Lipinski definition) is 5. The largest absolute Gasteiger partial charge is 0.467 e. The maximum absolute atomic E-state index is 13.0. The van der Waals surface area contributed by atoms with Gasteiger partial charge >= 0.3 is 5.97 Å². The van der Waals surface area contributed by atoms with E-state index in [9.17, 15) is 14.4 Å². The molecule has 29 heavy (non-hydrogen) atoms. The van der Waals surface area contributed by atoms with E-state index in [0.717, 1.165) is 5.56 Å². The molecule has 1 aromatic carbocycles. The number of hydrogen-bond donors (Lipinski definition) is 3. The number of amides is 2. The van der Waals surface area contributed by atoms with Gasteiger partial charge in [-0.05, 0) is 30.9 Å². The Labute approximate surface area is 174 Å². The molecule has 0 aliphatic heterocycles. The van der Waals surface area contributed by atoms with Crippen LogP contribution in [0.3, 0.4) is 0 Å². The van der Waals surface area contributed by atoms with Gasteiger partial charge in [-0.1, -0.05) is 58.0 Å². The van der Waals surface area contributed by atoms with Crippen LogP contribution in [0.5, 0.6) is 0 Å². The SMILES string of the molecule is CN[C@@H](C(=O)N[C@H](CC(C)C)C(=O)N[C@H](Cc1ccccc1)C(=O)OC)C(C)C. The zero-order valence-corrected chi connectivity index (χ0v) is 18.3. The summed E-state index contributed by atoms with van der Waals surface area (Å²) in [7, 11) is 3.01. The van der Waals surface area contributed by atoms with E-state index in [2.05, 4.69) is 16.0 Å². The summed E-state index contributed by atoms with van der Waals surface area (Å²) in [5, 5.41) is 8.59. The van der Waals surface area contributed by atoms with Crippen LogP contribution in [0.1, 0.15) is 39.7 Å². The minimum absolute atomic E-state index is 0.0728. The van der Waals surface area contributed by atoms with Crippen molar-refractivity contribution >= 4 is 17.8 Å². The fraction of sp³-hybridized carbons (Fsp3) is 0.591. The first-order chi connectivity index (χ1) is 13.7. The highest BCUT2D eigenvalue weighted by Gasteiger charge is 2.30. The van der Waals surface area contributed by atoms with Gasteiger partial charge < -0.3 is 20.7 Å². The minimum Gasteiger partial charge on any atom is -0.467 e. The van der Waals surface area contributed by atoms with Crippen LogP contribution < -0.4 is 16.0 Å². The average Bonchev–Trinajstić information content (AvgIpc) is 2.66. The molecule has 0 saturated heterocycles.